The number of halogens is 2. The van der Waals surface area contributed by atoms with E-state index >= 15 is 0 Å². The van der Waals surface area contributed by atoms with E-state index in [9.17, 15) is 22.3 Å². The maximum atomic E-state index is 14.0. The van der Waals surface area contributed by atoms with Crippen molar-refractivity contribution < 1.29 is 27.0 Å². The highest BCUT2D eigenvalue weighted by atomic mass is 32.2. The van der Waals surface area contributed by atoms with E-state index in [1.807, 2.05) is 13.8 Å². The van der Waals surface area contributed by atoms with Gasteiger partial charge in [0, 0.05) is 24.4 Å². The van der Waals surface area contributed by atoms with E-state index in [-0.39, 0.29) is 73.2 Å². The van der Waals surface area contributed by atoms with Crippen LogP contribution in [0, 0.1) is 17.6 Å². The lowest BCUT2D eigenvalue weighted by molar-refractivity contribution is 0.0733. The summed E-state index contributed by atoms with van der Waals surface area (Å²) in [6, 6.07) is 3.49. The maximum absolute atomic E-state index is 14.0. The monoisotopic (exact) mass is 518 g/mol. The molecule has 2 heterocycles. The number of anilines is 2. The van der Waals surface area contributed by atoms with Crippen molar-refractivity contribution in [3.05, 3.63) is 35.4 Å². The van der Waals surface area contributed by atoms with Crippen molar-refractivity contribution >= 4 is 33.9 Å². The van der Waals surface area contributed by atoms with Crippen molar-refractivity contribution in [2.75, 3.05) is 42.9 Å². The van der Waals surface area contributed by atoms with Crippen LogP contribution in [-0.2, 0) is 20.7 Å². The number of rotatable bonds is 11. The molecule has 2 aromatic rings. The largest absolute Gasteiger partial charge is 0.394 e. The Hall–Kier alpha value is -2.13. The summed E-state index contributed by atoms with van der Waals surface area (Å²) in [6.45, 7) is 4.73. The number of benzene rings is 1. The van der Waals surface area contributed by atoms with Gasteiger partial charge in [0.1, 0.15) is 0 Å². The highest BCUT2D eigenvalue weighted by Gasteiger charge is 2.26. The molecular weight excluding hydrogens is 490 g/mol. The molecule has 3 N–H and O–H groups in total. The minimum Gasteiger partial charge on any atom is -0.394 e. The standard InChI is InChI=1S/C20H28F2N6O4S2/c1-13(2)10-15(11-29)23-18-24-19(27-34(30,31)28-6-8-32-9-7-28)26-20(25-18)33-12-14-4-3-5-16(21)17(14)22/h3-5,13,15,29H,6-12H2,1-2H3,(H2,23,24,25,26,27)/t15-/m1/s1. The lowest BCUT2D eigenvalue weighted by atomic mass is 10.0. The van der Waals surface area contributed by atoms with Crippen LogP contribution in [0.25, 0.3) is 0 Å². The smallest absolute Gasteiger partial charge is 0.304 e. The van der Waals surface area contributed by atoms with E-state index in [2.05, 4.69) is 25.0 Å². The van der Waals surface area contributed by atoms with Gasteiger partial charge in [0.15, 0.2) is 16.8 Å². The van der Waals surface area contributed by atoms with Gasteiger partial charge in [-0.3, -0.25) is 0 Å². The molecule has 0 saturated carbocycles. The second kappa shape index (κ2) is 12.0. The van der Waals surface area contributed by atoms with Gasteiger partial charge in [-0.05, 0) is 18.4 Å². The summed E-state index contributed by atoms with van der Waals surface area (Å²) in [5, 5.41) is 12.8. The Morgan fingerprint density at radius 3 is 2.56 bits per heavy atom. The third-order valence-electron chi connectivity index (χ3n) is 4.84. The van der Waals surface area contributed by atoms with E-state index in [1.54, 1.807) is 0 Å². The molecule has 0 amide bonds. The first-order valence-electron chi connectivity index (χ1n) is 10.7. The Labute approximate surface area is 201 Å². The van der Waals surface area contributed by atoms with Gasteiger partial charge in [-0.1, -0.05) is 37.7 Å². The van der Waals surface area contributed by atoms with Crippen LogP contribution < -0.4 is 10.0 Å². The number of morpholine rings is 1. The number of aliphatic hydroxyl groups is 1. The zero-order chi connectivity index (χ0) is 24.7. The van der Waals surface area contributed by atoms with E-state index in [4.69, 9.17) is 4.74 Å². The molecule has 0 radical (unpaired) electrons. The molecule has 1 atom stereocenters. The van der Waals surface area contributed by atoms with Gasteiger partial charge >= 0.3 is 10.2 Å². The molecule has 14 heteroatoms. The van der Waals surface area contributed by atoms with Crippen molar-refractivity contribution in [2.24, 2.45) is 5.92 Å². The van der Waals surface area contributed by atoms with Crippen LogP contribution in [0.15, 0.2) is 23.4 Å². The quantitative estimate of drug-likeness (QED) is 0.384. The number of aliphatic hydroxyl groups excluding tert-OH is 1. The minimum absolute atomic E-state index is 0.0120. The van der Waals surface area contributed by atoms with Crippen LogP contribution in [0.4, 0.5) is 20.7 Å². The Balaban J connectivity index is 1.85. The van der Waals surface area contributed by atoms with Crippen molar-refractivity contribution in [1.29, 1.82) is 0 Å². The Morgan fingerprint density at radius 1 is 1.18 bits per heavy atom. The summed E-state index contributed by atoms with van der Waals surface area (Å²) in [6.07, 6.45) is 0.619. The molecule has 0 unspecified atom stereocenters. The van der Waals surface area contributed by atoms with Gasteiger partial charge in [0.2, 0.25) is 11.9 Å². The summed E-state index contributed by atoms with van der Waals surface area (Å²) in [7, 11) is -3.95. The number of thioether (sulfide) groups is 1. The second-order valence-electron chi connectivity index (χ2n) is 8.04. The molecule has 34 heavy (non-hydrogen) atoms. The van der Waals surface area contributed by atoms with Gasteiger partial charge in [-0.25, -0.2) is 13.5 Å². The van der Waals surface area contributed by atoms with Crippen molar-refractivity contribution in [3.63, 3.8) is 0 Å². The fourth-order valence-electron chi connectivity index (χ4n) is 3.23. The fraction of sp³-hybridized carbons (Fsp3) is 0.550. The first-order chi connectivity index (χ1) is 16.2. The lowest BCUT2D eigenvalue weighted by Crippen LogP contribution is -2.43. The van der Waals surface area contributed by atoms with Crippen molar-refractivity contribution in [1.82, 2.24) is 19.3 Å². The minimum atomic E-state index is -3.95. The predicted molar refractivity (Wildman–Crippen MR) is 125 cm³/mol. The van der Waals surface area contributed by atoms with Crippen LogP contribution in [0.2, 0.25) is 0 Å². The molecule has 3 rings (SSSR count). The molecule has 1 saturated heterocycles. The third-order valence-corrected chi connectivity index (χ3v) is 7.22. The van der Waals surface area contributed by atoms with E-state index < -0.39 is 21.8 Å². The summed E-state index contributed by atoms with van der Waals surface area (Å²) in [5.74, 6) is -1.82. The topological polar surface area (TPSA) is 130 Å². The highest BCUT2D eigenvalue weighted by molar-refractivity contribution is 7.98. The van der Waals surface area contributed by atoms with Crippen LogP contribution in [0.5, 0.6) is 0 Å². The fourth-order valence-corrected chi connectivity index (χ4v) is 5.12. The third kappa shape index (κ3) is 7.43. The van der Waals surface area contributed by atoms with Gasteiger partial charge < -0.3 is 15.2 Å². The zero-order valence-electron chi connectivity index (χ0n) is 18.9. The van der Waals surface area contributed by atoms with Gasteiger partial charge in [-0.15, -0.1) is 0 Å². The Kier molecular flexibility index (Phi) is 9.36. The first-order valence-corrected chi connectivity index (χ1v) is 13.1. The number of ether oxygens (including phenoxy) is 1. The number of nitrogens with one attached hydrogen (secondary N) is 2. The molecule has 1 aliphatic rings. The SMILES string of the molecule is CC(C)C[C@H](CO)Nc1nc(NS(=O)(=O)N2CCOCC2)nc(SCc2cccc(F)c2F)n1. The lowest BCUT2D eigenvalue weighted by Gasteiger charge is -2.26. The molecule has 0 spiro atoms. The molecule has 1 aliphatic heterocycles. The van der Waals surface area contributed by atoms with Crippen LogP contribution in [-0.4, -0.2) is 71.7 Å². The Morgan fingerprint density at radius 2 is 1.88 bits per heavy atom. The maximum Gasteiger partial charge on any atom is 0.304 e. The first kappa shape index (κ1) is 26.5. The van der Waals surface area contributed by atoms with E-state index in [1.165, 1.54) is 16.4 Å². The highest BCUT2D eigenvalue weighted by Crippen LogP contribution is 2.25. The summed E-state index contributed by atoms with van der Waals surface area (Å²) in [4.78, 5) is 12.6. The van der Waals surface area contributed by atoms with E-state index in [0.29, 0.717) is 6.42 Å². The summed E-state index contributed by atoms with van der Waals surface area (Å²) >= 11 is 0.995. The van der Waals surface area contributed by atoms with Crippen molar-refractivity contribution in [2.45, 2.75) is 37.2 Å². The number of hydrogen-bond acceptors (Lipinski definition) is 9. The second-order valence-corrected chi connectivity index (χ2v) is 10.7. The van der Waals surface area contributed by atoms with E-state index in [0.717, 1.165) is 17.8 Å². The number of aromatic nitrogens is 3. The summed E-state index contributed by atoms with van der Waals surface area (Å²) in [5.41, 5.74) is 0.114. The average molecular weight is 519 g/mol. The average Bonchev–Trinajstić information content (AvgIpc) is 2.79. The number of hydrogen-bond donors (Lipinski definition) is 3. The normalized spacial score (nSPS) is 15.9. The molecule has 0 aliphatic carbocycles. The molecule has 188 valence electrons. The van der Waals surface area contributed by atoms with Gasteiger partial charge in [0.05, 0.1) is 25.9 Å². The van der Waals surface area contributed by atoms with Crippen LogP contribution in [0.1, 0.15) is 25.8 Å². The number of nitrogens with zero attached hydrogens (tertiary/aromatic N) is 4. The molecule has 1 fully saturated rings. The van der Waals surface area contributed by atoms with Crippen LogP contribution >= 0.6 is 11.8 Å². The van der Waals surface area contributed by atoms with Crippen LogP contribution in [0.3, 0.4) is 0 Å². The molecule has 10 nitrogen and oxygen atoms in total. The molecule has 1 aromatic heterocycles. The predicted octanol–water partition coefficient (Wildman–Crippen LogP) is 2.25. The van der Waals surface area contributed by atoms with Crippen molar-refractivity contribution in [3.8, 4) is 0 Å². The summed E-state index contributed by atoms with van der Waals surface area (Å²) < 4.78 is 61.9. The molecular formula is C20H28F2N6O4S2. The van der Waals surface area contributed by atoms with Gasteiger partial charge in [-0.2, -0.15) is 27.7 Å². The molecule has 0 bridgehead atoms. The molecule has 1 aromatic carbocycles. The Bertz CT molecular complexity index is 1070. The zero-order valence-corrected chi connectivity index (χ0v) is 20.5. The van der Waals surface area contributed by atoms with Gasteiger partial charge in [0.25, 0.3) is 0 Å².